The summed E-state index contributed by atoms with van der Waals surface area (Å²) in [4.78, 5) is 26.9. The molecule has 0 aromatic heterocycles. The van der Waals surface area contributed by atoms with Gasteiger partial charge in [0, 0.05) is 44.1 Å². The van der Waals surface area contributed by atoms with Crippen LogP contribution < -0.4 is 5.32 Å². The van der Waals surface area contributed by atoms with E-state index in [4.69, 9.17) is 0 Å². The van der Waals surface area contributed by atoms with Crippen LogP contribution in [0.2, 0.25) is 0 Å². The van der Waals surface area contributed by atoms with Gasteiger partial charge in [-0.15, -0.1) is 4.40 Å². The molecule has 0 unspecified atom stereocenters. The van der Waals surface area contributed by atoms with E-state index in [1.807, 2.05) is 44.0 Å². The molecule has 1 heterocycles. The van der Waals surface area contributed by atoms with E-state index in [0.717, 1.165) is 36.9 Å². The Kier molecular flexibility index (Phi) is 8.02. The Balaban J connectivity index is 1.66. The van der Waals surface area contributed by atoms with Gasteiger partial charge in [-0.2, -0.15) is 8.42 Å². The second-order valence-corrected chi connectivity index (χ2v) is 10.1. The zero-order valence-corrected chi connectivity index (χ0v) is 20.2. The summed E-state index contributed by atoms with van der Waals surface area (Å²) in [6.07, 6.45) is 3.69. The summed E-state index contributed by atoms with van der Waals surface area (Å²) in [6, 6.07) is 11.7. The first-order valence-corrected chi connectivity index (χ1v) is 12.6. The number of amides is 1. The summed E-state index contributed by atoms with van der Waals surface area (Å²) in [5.41, 5.74) is 2.85. The molecule has 33 heavy (non-hydrogen) atoms. The monoisotopic (exact) mass is 469 g/mol. The number of benzene rings is 2. The molecule has 8 heteroatoms. The predicted octanol–water partition coefficient (Wildman–Crippen LogP) is 4.50. The van der Waals surface area contributed by atoms with Gasteiger partial charge in [0.05, 0.1) is 4.90 Å². The zero-order valence-electron chi connectivity index (χ0n) is 19.4. The average Bonchev–Trinajstić information content (AvgIpc) is 2.97. The first-order valence-electron chi connectivity index (χ1n) is 11.2. The van der Waals surface area contributed by atoms with E-state index in [1.165, 1.54) is 12.1 Å². The lowest BCUT2D eigenvalue weighted by Gasteiger charge is -2.17. The summed E-state index contributed by atoms with van der Waals surface area (Å²) in [7, 11) is -2.04. The first kappa shape index (κ1) is 24.6. The SMILES string of the molecule is Cc1ccc(C)c(C(=O)CCC(=O)Nc2cccc(S(=O)(=O)/N=C3/CCCCCN3C)c2)c1. The molecule has 1 fully saturated rings. The van der Waals surface area contributed by atoms with Crippen molar-refractivity contribution in [2.45, 2.75) is 57.3 Å². The predicted molar refractivity (Wildman–Crippen MR) is 130 cm³/mol. The van der Waals surface area contributed by atoms with E-state index in [1.54, 1.807) is 12.1 Å². The van der Waals surface area contributed by atoms with Crippen LogP contribution in [0, 0.1) is 13.8 Å². The number of likely N-dealkylation sites (tertiary alicyclic amines) is 1. The van der Waals surface area contributed by atoms with Gasteiger partial charge in [-0.3, -0.25) is 9.59 Å². The molecule has 0 saturated carbocycles. The number of hydrogen-bond acceptors (Lipinski definition) is 4. The molecule has 0 atom stereocenters. The van der Waals surface area contributed by atoms with Crippen LogP contribution in [0.5, 0.6) is 0 Å². The van der Waals surface area contributed by atoms with Crippen molar-refractivity contribution in [2.75, 3.05) is 18.9 Å². The van der Waals surface area contributed by atoms with Crippen molar-refractivity contribution >= 4 is 33.2 Å². The van der Waals surface area contributed by atoms with Crippen LogP contribution >= 0.6 is 0 Å². The smallest absolute Gasteiger partial charge is 0.284 e. The van der Waals surface area contributed by atoms with Gasteiger partial charge in [0.25, 0.3) is 10.0 Å². The van der Waals surface area contributed by atoms with Crippen molar-refractivity contribution in [1.29, 1.82) is 0 Å². The molecule has 1 N–H and O–H groups in total. The molecule has 0 radical (unpaired) electrons. The standard InChI is InChI=1S/C25H31N3O4S/c1-18-11-12-19(2)22(16-18)23(29)13-14-25(30)26-20-8-7-9-21(17-20)33(31,32)27-24-10-5-4-6-15-28(24)3/h7-9,11-12,16-17H,4-6,10,13-15H2,1-3H3,(H,26,30)/b27-24-. The lowest BCUT2D eigenvalue weighted by molar-refractivity contribution is -0.116. The Hall–Kier alpha value is -3.00. The molecule has 2 aromatic rings. The molecule has 0 spiro atoms. The second-order valence-electron chi connectivity index (χ2n) is 8.53. The van der Waals surface area contributed by atoms with Crippen LogP contribution in [0.25, 0.3) is 0 Å². The highest BCUT2D eigenvalue weighted by molar-refractivity contribution is 7.90. The fourth-order valence-electron chi connectivity index (χ4n) is 3.79. The lowest BCUT2D eigenvalue weighted by Crippen LogP contribution is -2.26. The number of aryl methyl sites for hydroxylation is 2. The summed E-state index contributed by atoms with van der Waals surface area (Å²) in [5, 5.41) is 2.70. The third kappa shape index (κ3) is 6.74. The average molecular weight is 470 g/mol. The molecular formula is C25H31N3O4S. The number of sulfonamides is 1. The fraction of sp³-hybridized carbons (Fsp3) is 0.400. The Labute approximate surface area is 196 Å². The van der Waals surface area contributed by atoms with Gasteiger partial charge in [0.15, 0.2) is 5.78 Å². The topological polar surface area (TPSA) is 95.9 Å². The molecule has 1 aliphatic heterocycles. The van der Waals surface area contributed by atoms with Gasteiger partial charge < -0.3 is 10.2 Å². The number of ketones is 1. The quantitative estimate of drug-likeness (QED) is 0.603. The van der Waals surface area contributed by atoms with E-state index >= 15 is 0 Å². The van der Waals surface area contributed by atoms with Gasteiger partial charge in [0.1, 0.15) is 5.84 Å². The number of nitrogens with one attached hydrogen (secondary N) is 1. The second kappa shape index (κ2) is 10.7. The summed E-state index contributed by atoms with van der Waals surface area (Å²) in [5.74, 6) is 0.121. The van der Waals surface area contributed by atoms with E-state index < -0.39 is 10.0 Å². The number of nitrogens with zero attached hydrogens (tertiary/aromatic N) is 2. The van der Waals surface area contributed by atoms with Crippen LogP contribution in [-0.2, 0) is 14.8 Å². The van der Waals surface area contributed by atoms with E-state index in [0.29, 0.717) is 23.5 Å². The molecule has 1 amide bonds. The minimum atomic E-state index is -3.90. The lowest BCUT2D eigenvalue weighted by atomic mass is 9.99. The maximum atomic E-state index is 12.9. The molecule has 176 valence electrons. The maximum Gasteiger partial charge on any atom is 0.284 e. The molecule has 3 rings (SSSR count). The zero-order chi connectivity index (χ0) is 24.0. The van der Waals surface area contributed by atoms with E-state index in [2.05, 4.69) is 9.71 Å². The normalized spacial score (nSPS) is 15.8. The summed E-state index contributed by atoms with van der Waals surface area (Å²) < 4.78 is 29.8. The number of anilines is 1. The van der Waals surface area contributed by atoms with Crippen molar-refractivity contribution in [3.63, 3.8) is 0 Å². The molecule has 1 saturated heterocycles. The first-order chi connectivity index (χ1) is 15.7. The molecule has 0 aliphatic carbocycles. The van der Waals surface area contributed by atoms with Crippen LogP contribution in [0.4, 0.5) is 5.69 Å². The maximum absolute atomic E-state index is 12.9. The van der Waals surface area contributed by atoms with E-state index in [-0.39, 0.29) is 29.4 Å². The number of carbonyl (C=O) groups is 2. The van der Waals surface area contributed by atoms with Crippen LogP contribution in [0.1, 0.15) is 60.0 Å². The van der Waals surface area contributed by atoms with Crippen molar-refractivity contribution in [3.8, 4) is 0 Å². The molecule has 2 aromatic carbocycles. The highest BCUT2D eigenvalue weighted by Crippen LogP contribution is 2.21. The molecule has 7 nitrogen and oxygen atoms in total. The van der Waals surface area contributed by atoms with Crippen LogP contribution in [-0.4, -0.2) is 44.4 Å². The number of rotatable bonds is 7. The highest BCUT2D eigenvalue weighted by atomic mass is 32.2. The third-order valence-electron chi connectivity index (χ3n) is 5.75. The fourth-order valence-corrected chi connectivity index (χ4v) is 4.93. The third-order valence-corrected chi connectivity index (χ3v) is 7.05. The molecular weight excluding hydrogens is 438 g/mol. The van der Waals surface area contributed by atoms with Gasteiger partial charge >= 0.3 is 0 Å². The van der Waals surface area contributed by atoms with Gasteiger partial charge in [-0.05, 0) is 56.5 Å². The number of carbonyl (C=O) groups excluding carboxylic acids is 2. The van der Waals surface area contributed by atoms with Gasteiger partial charge in [-0.25, -0.2) is 0 Å². The summed E-state index contributed by atoms with van der Waals surface area (Å²) in [6.45, 7) is 4.57. The van der Waals surface area contributed by atoms with Crippen molar-refractivity contribution < 1.29 is 18.0 Å². The largest absolute Gasteiger partial charge is 0.362 e. The Morgan fingerprint density at radius 2 is 1.82 bits per heavy atom. The Morgan fingerprint density at radius 1 is 1.03 bits per heavy atom. The molecule has 1 aliphatic rings. The van der Waals surface area contributed by atoms with Gasteiger partial charge in [0.2, 0.25) is 5.91 Å². The van der Waals surface area contributed by atoms with Crippen molar-refractivity contribution in [2.24, 2.45) is 4.40 Å². The van der Waals surface area contributed by atoms with Crippen molar-refractivity contribution in [1.82, 2.24) is 4.90 Å². The molecule has 0 bridgehead atoms. The Bertz CT molecular complexity index is 1170. The highest BCUT2D eigenvalue weighted by Gasteiger charge is 2.19. The van der Waals surface area contributed by atoms with Crippen LogP contribution in [0.15, 0.2) is 51.8 Å². The number of amidine groups is 1. The van der Waals surface area contributed by atoms with E-state index in [9.17, 15) is 18.0 Å². The van der Waals surface area contributed by atoms with Crippen LogP contribution in [0.3, 0.4) is 0 Å². The Morgan fingerprint density at radius 3 is 2.61 bits per heavy atom. The number of hydrogen-bond donors (Lipinski definition) is 1. The number of Topliss-reactive ketones (excluding diaryl/α,β-unsaturated/α-hetero) is 1. The van der Waals surface area contributed by atoms with Gasteiger partial charge in [-0.1, -0.05) is 30.2 Å². The summed E-state index contributed by atoms with van der Waals surface area (Å²) >= 11 is 0. The minimum absolute atomic E-state index is 0.0102. The minimum Gasteiger partial charge on any atom is -0.362 e. The van der Waals surface area contributed by atoms with Crippen molar-refractivity contribution in [3.05, 3.63) is 59.2 Å².